The van der Waals surface area contributed by atoms with Crippen LogP contribution in [0, 0.1) is 6.92 Å². The molecule has 0 spiro atoms. The van der Waals surface area contributed by atoms with Crippen LogP contribution in [0.15, 0.2) is 53.7 Å². The van der Waals surface area contributed by atoms with E-state index >= 15 is 0 Å². The van der Waals surface area contributed by atoms with E-state index < -0.39 is 0 Å². The molecule has 1 heterocycles. The molecule has 0 saturated carbocycles. The third kappa shape index (κ3) is 4.31. The lowest BCUT2D eigenvalue weighted by Crippen LogP contribution is -2.22. The monoisotopic (exact) mass is 394 g/mol. The van der Waals surface area contributed by atoms with Crippen LogP contribution in [0.1, 0.15) is 29.8 Å². The molecule has 0 radical (unpaired) electrons. The van der Waals surface area contributed by atoms with Crippen LogP contribution in [0.25, 0.3) is 11.4 Å². The van der Waals surface area contributed by atoms with Gasteiger partial charge in [-0.05, 0) is 50.6 Å². The van der Waals surface area contributed by atoms with Crippen molar-refractivity contribution >= 4 is 29.1 Å². The lowest BCUT2D eigenvalue weighted by molar-refractivity contribution is -0.115. The number of anilines is 1. The van der Waals surface area contributed by atoms with Gasteiger partial charge in [-0.2, -0.15) is 0 Å². The number of thioether (sulfide) groups is 1. The Balaban J connectivity index is 1.69. The molecule has 0 bridgehead atoms. The summed E-state index contributed by atoms with van der Waals surface area (Å²) in [6, 6.07) is 14.9. The highest BCUT2D eigenvalue weighted by Crippen LogP contribution is 2.27. The van der Waals surface area contributed by atoms with Crippen LogP contribution < -0.4 is 5.32 Å². The second kappa shape index (κ2) is 8.39. The average Bonchev–Trinajstić information content (AvgIpc) is 3.03. The summed E-state index contributed by atoms with van der Waals surface area (Å²) in [5, 5.41) is 11.7. The van der Waals surface area contributed by atoms with E-state index in [9.17, 15) is 9.59 Å². The van der Waals surface area contributed by atoms with Gasteiger partial charge in [-0.3, -0.25) is 9.59 Å². The Morgan fingerprint density at radius 3 is 2.39 bits per heavy atom. The summed E-state index contributed by atoms with van der Waals surface area (Å²) in [4.78, 5) is 23.9. The molecule has 1 aromatic heterocycles. The van der Waals surface area contributed by atoms with Gasteiger partial charge in [0.15, 0.2) is 16.8 Å². The minimum atomic E-state index is -0.361. The number of nitrogens with one attached hydrogen (secondary N) is 1. The van der Waals surface area contributed by atoms with Gasteiger partial charge >= 0.3 is 0 Å². The maximum atomic E-state index is 12.5. The minimum Gasteiger partial charge on any atom is -0.325 e. The van der Waals surface area contributed by atoms with Gasteiger partial charge in [0.2, 0.25) is 5.91 Å². The normalized spacial score (nSPS) is 11.9. The van der Waals surface area contributed by atoms with Crippen molar-refractivity contribution in [1.82, 2.24) is 14.8 Å². The molecule has 0 saturated heterocycles. The van der Waals surface area contributed by atoms with Gasteiger partial charge in [0.25, 0.3) is 0 Å². The third-order valence-corrected chi connectivity index (χ3v) is 5.57. The zero-order valence-corrected chi connectivity index (χ0v) is 17.1. The second-order valence-corrected chi connectivity index (χ2v) is 7.87. The highest BCUT2D eigenvalue weighted by atomic mass is 32.2. The molecular weight excluding hydrogens is 372 g/mol. The fraction of sp³-hybridized carbons (Fsp3) is 0.238. The fourth-order valence-corrected chi connectivity index (χ4v) is 3.53. The smallest absolute Gasteiger partial charge is 0.237 e. The first kappa shape index (κ1) is 19.8. The number of nitrogens with zero attached hydrogens (tertiary/aromatic N) is 3. The van der Waals surface area contributed by atoms with E-state index in [0.29, 0.717) is 16.4 Å². The quantitative estimate of drug-likeness (QED) is 0.503. The Morgan fingerprint density at radius 1 is 1.07 bits per heavy atom. The second-order valence-electron chi connectivity index (χ2n) is 6.56. The largest absolute Gasteiger partial charge is 0.325 e. The van der Waals surface area contributed by atoms with Crippen LogP contribution >= 0.6 is 11.8 Å². The van der Waals surface area contributed by atoms with Crippen molar-refractivity contribution in [3.05, 3.63) is 59.7 Å². The standard InChI is InChI=1S/C21H22N4O2S/c1-13-7-5-6-8-18(13)19-23-24-21(25(19)4)28-15(3)20(27)22-17-11-9-16(10-12-17)14(2)26/h5-12,15H,1-4H3,(H,22,27)/t15-/m0/s1. The molecule has 1 atom stereocenters. The van der Waals surface area contributed by atoms with E-state index in [-0.39, 0.29) is 16.9 Å². The number of amides is 1. The number of rotatable bonds is 6. The zero-order chi connectivity index (χ0) is 20.3. The minimum absolute atomic E-state index is 0.00598. The van der Waals surface area contributed by atoms with E-state index in [1.54, 1.807) is 24.3 Å². The molecule has 1 amide bonds. The summed E-state index contributed by atoms with van der Waals surface area (Å²) in [5.74, 6) is 0.627. The van der Waals surface area contributed by atoms with Gasteiger partial charge in [0, 0.05) is 23.9 Å². The first-order valence-corrected chi connectivity index (χ1v) is 9.78. The molecule has 28 heavy (non-hydrogen) atoms. The zero-order valence-electron chi connectivity index (χ0n) is 16.3. The lowest BCUT2D eigenvalue weighted by atomic mass is 10.1. The van der Waals surface area contributed by atoms with Crippen molar-refractivity contribution in [1.29, 1.82) is 0 Å². The van der Waals surface area contributed by atoms with Crippen LogP contribution in [0.2, 0.25) is 0 Å². The third-order valence-electron chi connectivity index (χ3n) is 4.43. The molecule has 144 valence electrons. The molecule has 6 nitrogen and oxygen atoms in total. The number of hydrogen-bond acceptors (Lipinski definition) is 5. The van der Waals surface area contributed by atoms with E-state index in [1.807, 2.05) is 49.7 Å². The van der Waals surface area contributed by atoms with Crippen molar-refractivity contribution in [2.75, 3.05) is 5.32 Å². The molecule has 0 fully saturated rings. The molecule has 3 aromatic rings. The molecule has 7 heteroatoms. The predicted molar refractivity (Wildman–Crippen MR) is 112 cm³/mol. The summed E-state index contributed by atoms with van der Waals surface area (Å²) < 4.78 is 1.90. The SMILES string of the molecule is CC(=O)c1ccc(NC(=O)[C@H](C)Sc2nnc(-c3ccccc3C)n2C)cc1. The van der Waals surface area contributed by atoms with Crippen molar-refractivity contribution < 1.29 is 9.59 Å². The highest BCUT2D eigenvalue weighted by molar-refractivity contribution is 8.00. The number of carbonyl (C=O) groups excluding carboxylic acids is 2. The molecule has 2 aromatic carbocycles. The lowest BCUT2D eigenvalue weighted by Gasteiger charge is -2.12. The Labute approximate surface area is 168 Å². The molecular formula is C21H22N4O2S. The molecule has 0 aliphatic carbocycles. The van der Waals surface area contributed by atoms with Crippen LogP contribution in [0.5, 0.6) is 0 Å². The van der Waals surface area contributed by atoms with Crippen LogP contribution in [0.4, 0.5) is 5.69 Å². The maximum Gasteiger partial charge on any atom is 0.237 e. The molecule has 0 aliphatic heterocycles. The van der Waals surface area contributed by atoms with Crippen molar-refractivity contribution in [3.8, 4) is 11.4 Å². The van der Waals surface area contributed by atoms with E-state index in [2.05, 4.69) is 15.5 Å². The molecule has 1 N–H and O–H groups in total. The number of benzene rings is 2. The van der Waals surface area contributed by atoms with Crippen LogP contribution in [-0.4, -0.2) is 31.7 Å². The average molecular weight is 395 g/mol. The van der Waals surface area contributed by atoms with E-state index in [4.69, 9.17) is 0 Å². The van der Waals surface area contributed by atoms with Gasteiger partial charge in [-0.15, -0.1) is 10.2 Å². The summed E-state index contributed by atoms with van der Waals surface area (Å²) in [6.07, 6.45) is 0. The Bertz CT molecular complexity index is 1010. The van der Waals surface area contributed by atoms with Gasteiger partial charge < -0.3 is 9.88 Å². The summed E-state index contributed by atoms with van der Waals surface area (Å²) >= 11 is 1.35. The highest BCUT2D eigenvalue weighted by Gasteiger charge is 2.20. The summed E-state index contributed by atoms with van der Waals surface area (Å²) in [5.41, 5.74) is 3.41. The number of ketones is 1. The summed E-state index contributed by atoms with van der Waals surface area (Å²) in [7, 11) is 1.90. The number of carbonyl (C=O) groups is 2. The van der Waals surface area contributed by atoms with Gasteiger partial charge in [0.1, 0.15) is 0 Å². The topological polar surface area (TPSA) is 76.9 Å². The predicted octanol–water partition coefficient (Wildman–Crippen LogP) is 4.11. The first-order chi connectivity index (χ1) is 13.4. The first-order valence-electron chi connectivity index (χ1n) is 8.90. The Kier molecular flexibility index (Phi) is 5.94. The number of aromatic nitrogens is 3. The number of hydrogen-bond donors (Lipinski definition) is 1. The Morgan fingerprint density at radius 2 is 1.75 bits per heavy atom. The van der Waals surface area contributed by atoms with E-state index in [1.165, 1.54) is 18.7 Å². The number of Topliss-reactive ketones (excluding diaryl/α,β-unsaturated/α-hetero) is 1. The molecule has 0 aliphatic rings. The van der Waals surface area contributed by atoms with Gasteiger partial charge in [-0.25, -0.2) is 0 Å². The van der Waals surface area contributed by atoms with E-state index in [0.717, 1.165) is 17.0 Å². The summed E-state index contributed by atoms with van der Waals surface area (Å²) in [6.45, 7) is 5.37. The van der Waals surface area contributed by atoms with Crippen LogP contribution in [-0.2, 0) is 11.8 Å². The molecule has 0 unspecified atom stereocenters. The fourth-order valence-electron chi connectivity index (χ4n) is 2.72. The van der Waals surface area contributed by atoms with Crippen molar-refractivity contribution in [2.24, 2.45) is 7.05 Å². The van der Waals surface area contributed by atoms with Gasteiger partial charge in [0.05, 0.1) is 5.25 Å². The van der Waals surface area contributed by atoms with Gasteiger partial charge in [-0.1, -0.05) is 36.0 Å². The maximum absolute atomic E-state index is 12.5. The van der Waals surface area contributed by atoms with Crippen molar-refractivity contribution in [2.45, 2.75) is 31.2 Å². The number of aryl methyl sites for hydroxylation is 1. The Hall–Kier alpha value is -2.93. The van der Waals surface area contributed by atoms with Crippen molar-refractivity contribution in [3.63, 3.8) is 0 Å². The van der Waals surface area contributed by atoms with Crippen LogP contribution in [0.3, 0.4) is 0 Å². The molecule has 3 rings (SSSR count).